The van der Waals surface area contributed by atoms with Gasteiger partial charge in [0.15, 0.2) is 0 Å². The van der Waals surface area contributed by atoms with Crippen LogP contribution in [0.1, 0.15) is 20.3 Å². The van der Waals surface area contributed by atoms with E-state index in [4.69, 9.17) is 9.84 Å². The number of aliphatic hydroxyl groups excluding tert-OH is 4. The summed E-state index contributed by atoms with van der Waals surface area (Å²) in [6, 6.07) is 0. The van der Waals surface area contributed by atoms with E-state index < -0.39 is 86.3 Å². The second kappa shape index (κ2) is 12.3. The van der Waals surface area contributed by atoms with Gasteiger partial charge in [-0.25, -0.2) is 18.9 Å². The Kier molecular flexibility index (Phi) is 10.7. The molecule has 0 saturated carbocycles. The zero-order valence-electron chi connectivity index (χ0n) is 17.6. The number of hydrogen-bond donors (Lipinski definition) is 5. The molecule has 0 bridgehead atoms. The van der Waals surface area contributed by atoms with Gasteiger partial charge < -0.3 is 30.3 Å². The lowest BCUT2D eigenvalue weighted by Gasteiger charge is -2.44. The molecule has 0 aromatic carbocycles. The molecule has 1 saturated heterocycles. The molecule has 0 aliphatic carbocycles. The van der Waals surface area contributed by atoms with Crippen molar-refractivity contribution in [3.8, 4) is 0 Å². The SMILES string of the molecule is CC(=O)C(=O)OOP(=O)(OOC(=O)C(C)=O)OOC(=O)C(=O)CC1(O)O[C@H](CO)[C@@H](O)[C@H](O)[C@H]1O. The van der Waals surface area contributed by atoms with Gasteiger partial charge in [0, 0.05) is 13.8 Å². The fourth-order valence-corrected chi connectivity index (χ4v) is 2.66. The first kappa shape index (κ1) is 30.3. The topological polar surface area (TPSA) is 285 Å². The first-order valence-corrected chi connectivity index (χ1v) is 10.4. The third-order valence-corrected chi connectivity index (χ3v) is 4.65. The van der Waals surface area contributed by atoms with Crippen LogP contribution in [0.3, 0.4) is 0 Å². The molecular formula is C15H19O19P. The van der Waals surface area contributed by atoms with Crippen molar-refractivity contribution >= 4 is 43.1 Å². The molecule has 0 radical (unpaired) electrons. The van der Waals surface area contributed by atoms with E-state index in [-0.39, 0.29) is 0 Å². The van der Waals surface area contributed by atoms with Crippen LogP contribution in [0.5, 0.6) is 0 Å². The maximum atomic E-state index is 12.2. The normalized spacial score (nSPS) is 26.4. The third kappa shape index (κ3) is 8.18. The lowest BCUT2D eigenvalue weighted by molar-refractivity contribution is -0.348. The van der Waals surface area contributed by atoms with Crippen LogP contribution < -0.4 is 0 Å². The minimum Gasteiger partial charge on any atom is -0.394 e. The third-order valence-electron chi connectivity index (χ3n) is 3.88. The molecule has 1 aliphatic rings. The highest BCUT2D eigenvalue weighted by Gasteiger charge is 2.54. The molecule has 5 N–H and O–H groups in total. The highest BCUT2D eigenvalue weighted by atomic mass is 31.2. The number of phosphoric acid groups is 1. The van der Waals surface area contributed by atoms with Gasteiger partial charge in [0.05, 0.1) is 13.0 Å². The van der Waals surface area contributed by atoms with Gasteiger partial charge in [-0.15, -0.1) is 0 Å². The zero-order chi connectivity index (χ0) is 27.1. The summed E-state index contributed by atoms with van der Waals surface area (Å²) >= 11 is 0. The average molecular weight is 534 g/mol. The Morgan fingerprint density at radius 1 is 0.829 bits per heavy atom. The van der Waals surface area contributed by atoms with E-state index in [1.165, 1.54) is 0 Å². The second-order valence-corrected chi connectivity index (χ2v) is 7.95. The van der Waals surface area contributed by atoms with Crippen molar-refractivity contribution in [1.82, 2.24) is 0 Å². The standard InChI is InChI=1S/C15H19O19P/c1-5(17)12(23)29-32-35(27,33-30-13(24)6(2)18)34-31-14(25)7(19)3-15(26)11(22)10(21)9(20)8(4-16)28-15/h8-11,16,20-22,26H,3-4H2,1-2H3/t8-,9-,10+,11-,15?/m1/s1. The van der Waals surface area contributed by atoms with Gasteiger partial charge in [0.25, 0.3) is 0 Å². The molecule has 0 spiro atoms. The summed E-state index contributed by atoms with van der Waals surface area (Å²) in [6.07, 6.45) is -9.61. The number of ether oxygens (including phenoxy) is 1. The average Bonchev–Trinajstić information content (AvgIpc) is 2.80. The Labute approximate surface area is 193 Å². The van der Waals surface area contributed by atoms with Crippen molar-refractivity contribution in [2.24, 2.45) is 0 Å². The fraction of sp³-hybridized carbons (Fsp3) is 0.600. The molecule has 0 amide bonds. The number of carbonyl (C=O) groups is 6. The van der Waals surface area contributed by atoms with E-state index in [1.807, 2.05) is 0 Å². The van der Waals surface area contributed by atoms with Crippen LogP contribution in [0.4, 0.5) is 0 Å². The van der Waals surface area contributed by atoms with Crippen LogP contribution in [0.15, 0.2) is 0 Å². The largest absolute Gasteiger partial charge is 0.584 e. The first-order chi connectivity index (χ1) is 16.1. The molecule has 20 heteroatoms. The Morgan fingerprint density at radius 2 is 1.26 bits per heavy atom. The molecule has 198 valence electrons. The predicted octanol–water partition coefficient (Wildman–Crippen LogP) is -4.18. The van der Waals surface area contributed by atoms with Crippen LogP contribution in [-0.2, 0) is 66.8 Å². The molecule has 19 nitrogen and oxygen atoms in total. The second-order valence-electron chi connectivity index (χ2n) is 6.61. The Morgan fingerprint density at radius 3 is 1.66 bits per heavy atom. The van der Waals surface area contributed by atoms with E-state index in [0.29, 0.717) is 13.8 Å². The van der Waals surface area contributed by atoms with Crippen molar-refractivity contribution in [3.05, 3.63) is 0 Å². The molecule has 1 rings (SSSR count). The minimum absolute atomic E-state index is 0.677. The van der Waals surface area contributed by atoms with Gasteiger partial charge >= 0.3 is 25.7 Å². The quantitative estimate of drug-likeness (QED) is 0.0686. The molecule has 1 unspecified atom stereocenters. The van der Waals surface area contributed by atoms with Crippen LogP contribution in [0.25, 0.3) is 0 Å². The number of hydrogen-bond acceptors (Lipinski definition) is 19. The molecule has 0 aromatic heterocycles. The first-order valence-electron chi connectivity index (χ1n) is 8.98. The van der Waals surface area contributed by atoms with Crippen LogP contribution >= 0.6 is 7.82 Å². The van der Waals surface area contributed by atoms with E-state index in [2.05, 4.69) is 28.7 Å². The summed E-state index contributed by atoms with van der Waals surface area (Å²) in [7, 11) is -5.64. The minimum atomic E-state index is -5.64. The highest BCUT2D eigenvalue weighted by molar-refractivity contribution is 7.48. The smallest absolute Gasteiger partial charge is 0.394 e. The molecular weight excluding hydrogens is 515 g/mol. The van der Waals surface area contributed by atoms with Gasteiger partial charge in [-0.3, -0.25) is 29.0 Å². The number of Topliss-reactive ketones (excluding diaryl/α,β-unsaturated/α-hetero) is 3. The molecule has 1 aliphatic heterocycles. The maximum absolute atomic E-state index is 12.2. The summed E-state index contributed by atoms with van der Waals surface area (Å²) in [5, 5.41) is 48.6. The van der Waals surface area contributed by atoms with Crippen LogP contribution in [0.2, 0.25) is 0 Å². The maximum Gasteiger partial charge on any atom is 0.584 e. The highest BCUT2D eigenvalue weighted by Crippen LogP contribution is 2.50. The fourth-order valence-electron chi connectivity index (χ4n) is 2.11. The van der Waals surface area contributed by atoms with E-state index in [0.717, 1.165) is 0 Å². The molecule has 1 heterocycles. The number of aliphatic hydroxyl groups is 5. The van der Waals surface area contributed by atoms with E-state index >= 15 is 0 Å². The zero-order valence-corrected chi connectivity index (χ0v) is 18.5. The summed E-state index contributed by atoms with van der Waals surface area (Å²) in [4.78, 5) is 79.0. The Bertz CT molecular complexity index is 878. The van der Waals surface area contributed by atoms with Gasteiger partial charge in [-0.1, -0.05) is 14.0 Å². The lowest BCUT2D eigenvalue weighted by Crippen LogP contribution is -2.65. The molecule has 35 heavy (non-hydrogen) atoms. The van der Waals surface area contributed by atoms with Gasteiger partial charge in [0.1, 0.15) is 24.4 Å². The lowest BCUT2D eigenvalue weighted by atomic mass is 9.89. The van der Waals surface area contributed by atoms with Crippen molar-refractivity contribution in [2.45, 2.75) is 50.5 Å². The summed E-state index contributed by atoms with van der Waals surface area (Å²) in [5.74, 6) is -13.2. The molecule has 0 aromatic rings. The van der Waals surface area contributed by atoms with Crippen molar-refractivity contribution in [1.29, 1.82) is 0 Å². The van der Waals surface area contributed by atoms with E-state index in [1.54, 1.807) is 0 Å². The Balaban J connectivity index is 2.89. The summed E-state index contributed by atoms with van der Waals surface area (Å²) < 4.78 is 28.5. The van der Waals surface area contributed by atoms with Gasteiger partial charge in [-0.05, 0) is 0 Å². The number of rotatable bonds is 12. The van der Waals surface area contributed by atoms with Crippen molar-refractivity contribution in [2.75, 3.05) is 6.61 Å². The number of carbonyl (C=O) groups excluding carboxylic acids is 6. The van der Waals surface area contributed by atoms with Gasteiger partial charge in [-0.2, -0.15) is 0 Å². The number of ketones is 3. The van der Waals surface area contributed by atoms with Crippen LogP contribution in [0, 0.1) is 0 Å². The van der Waals surface area contributed by atoms with E-state index in [9.17, 15) is 53.8 Å². The monoisotopic (exact) mass is 534 g/mol. The Hall–Kier alpha value is -2.71. The predicted molar refractivity (Wildman–Crippen MR) is 95.1 cm³/mol. The van der Waals surface area contributed by atoms with Crippen molar-refractivity contribution < 1.29 is 92.3 Å². The van der Waals surface area contributed by atoms with Gasteiger partial charge in [0.2, 0.25) is 23.1 Å². The molecule has 5 atom stereocenters. The van der Waals surface area contributed by atoms with Crippen LogP contribution in [-0.4, -0.2) is 97.6 Å². The van der Waals surface area contributed by atoms with Crippen molar-refractivity contribution in [3.63, 3.8) is 0 Å². The summed E-state index contributed by atoms with van der Waals surface area (Å²) in [5.41, 5.74) is 0. The molecule has 1 fully saturated rings. The summed E-state index contributed by atoms with van der Waals surface area (Å²) in [6.45, 7) is 0.359.